The lowest BCUT2D eigenvalue weighted by molar-refractivity contribution is -0.143. The van der Waals surface area contributed by atoms with Crippen LogP contribution in [0.3, 0.4) is 0 Å². The van der Waals surface area contributed by atoms with Gasteiger partial charge in [-0.3, -0.25) is 9.67 Å². The molecule has 1 N–H and O–H groups in total. The van der Waals surface area contributed by atoms with E-state index in [4.69, 9.17) is 4.74 Å². The number of nitrogens with zero attached hydrogens (tertiary/aromatic N) is 3. The van der Waals surface area contributed by atoms with Crippen molar-refractivity contribution in [1.29, 1.82) is 0 Å². The highest BCUT2D eigenvalue weighted by Gasteiger charge is 2.36. The summed E-state index contributed by atoms with van der Waals surface area (Å²) in [5, 5.41) is 14.7. The molecule has 0 spiro atoms. The van der Waals surface area contributed by atoms with E-state index in [1.54, 1.807) is 0 Å². The van der Waals surface area contributed by atoms with E-state index in [1.165, 1.54) is 12.1 Å². The van der Waals surface area contributed by atoms with Crippen LogP contribution >= 0.6 is 0 Å². The lowest BCUT2D eigenvalue weighted by atomic mass is 9.98. The first-order chi connectivity index (χ1) is 14.9. The van der Waals surface area contributed by atoms with E-state index in [-0.39, 0.29) is 34.7 Å². The van der Waals surface area contributed by atoms with E-state index in [1.807, 2.05) is 6.92 Å². The maximum absolute atomic E-state index is 13.2. The van der Waals surface area contributed by atoms with Gasteiger partial charge >= 0.3 is 12.4 Å². The van der Waals surface area contributed by atoms with Crippen molar-refractivity contribution in [3.63, 3.8) is 0 Å². The van der Waals surface area contributed by atoms with Crippen LogP contribution < -0.4 is 4.74 Å². The second-order valence-corrected chi connectivity index (χ2v) is 7.03. The lowest BCUT2D eigenvalue weighted by Gasteiger charge is -2.16. The Hall–Kier alpha value is -3.24. The fourth-order valence-electron chi connectivity index (χ4n) is 3.10. The van der Waals surface area contributed by atoms with E-state index in [0.29, 0.717) is 17.3 Å². The number of phenolic OH excluding ortho intramolecular Hbond substituents is 1. The van der Waals surface area contributed by atoms with Crippen LogP contribution in [0.15, 0.2) is 36.7 Å². The van der Waals surface area contributed by atoms with Gasteiger partial charge in [-0.1, -0.05) is 13.3 Å². The van der Waals surface area contributed by atoms with E-state index in [9.17, 15) is 31.4 Å². The zero-order valence-corrected chi connectivity index (χ0v) is 17.1. The summed E-state index contributed by atoms with van der Waals surface area (Å²) in [5.74, 6) is -0.486. The topological polar surface area (TPSA) is 60.2 Å². The molecule has 172 valence electrons. The third kappa shape index (κ3) is 4.81. The van der Waals surface area contributed by atoms with Crippen molar-refractivity contribution in [2.24, 2.45) is 7.05 Å². The van der Waals surface area contributed by atoms with Crippen molar-refractivity contribution in [1.82, 2.24) is 14.8 Å². The molecule has 2 heterocycles. The molecule has 1 aromatic carbocycles. The number of ether oxygens (including phenoxy) is 1. The maximum Gasteiger partial charge on any atom is 0.433 e. The second kappa shape index (κ2) is 8.71. The van der Waals surface area contributed by atoms with E-state index >= 15 is 0 Å². The Kier molecular flexibility index (Phi) is 6.38. The smallest absolute Gasteiger partial charge is 0.433 e. The molecule has 0 atom stereocenters. The van der Waals surface area contributed by atoms with Crippen LogP contribution in [0.5, 0.6) is 11.5 Å². The third-order valence-corrected chi connectivity index (χ3v) is 4.70. The number of alkyl halides is 6. The van der Waals surface area contributed by atoms with Gasteiger partial charge in [0.15, 0.2) is 0 Å². The van der Waals surface area contributed by atoms with Crippen molar-refractivity contribution >= 4 is 0 Å². The van der Waals surface area contributed by atoms with E-state index in [0.717, 1.165) is 31.8 Å². The molecule has 0 fully saturated rings. The number of aromatic hydroxyl groups is 1. The van der Waals surface area contributed by atoms with Crippen molar-refractivity contribution < 1.29 is 36.2 Å². The molecule has 0 bridgehead atoms. The van der Waals surface area contributed by atoms with Gasteiger partial charge in [-0.2, -0.15) is 31.4 Å². The van der Waals surface area contributed by atoms with Crippen LogP contribution in [0.2, 0.25) is 0 Å². The summed E-state index contributed by atoms with van der Waals surface area (Å²) >= 11 is 0. The highest BCUT2D eigenvalue weighted by molar-refractivity contribution is 5.85. The van der Waals surface area contributed by atoms with Crippen molar-refractivity contribution in [3.8, 4) is 33.9 Å². The number of pyridine rings is 1. The predicted octanol–water partition coefficient (Wildman–Crippen LogP) is 6.07. The summed E-state index contributed by atoms with van der Waals surface area (Å²) in [7, 11) is 1.10. The maximum atomic E-state index is 13.2. The highest BCUT2D eigenvalue weighted by atomic mass is 19.4. The number of hydrogen-bond donors (Lipinski definition) is 1. The molecule has 3 rings (SSSR count). The quantitative estimate of drug-likeness (QED) is 0.359. The zero-order chi connectivity index (χ0) is 23.7. The Balaban J connectivity index is 2.18. The summed E-state index contributed by atoms with van der Waals surface area (Å²) in [6.07, 6.45) is -6.16. The van der Waals surface area contributed by atoms with Gasteiger partial charge in [-0.05, 0) is 30.7 Å². The van der Waals surface area contributed by atoms with Gasteiger partial charge in [0.2, 0.25) is 0 Å². The predicted molar refractivity (Wildman–Crippen MR) is 104 cm³/mol. The van der Waals surface area contributed by atoms with Crippen molar-refractivity contribution in [2.45, 2.75) is 32.1 Å². The van der Waals surface area contributed by atoms with Crippen molar-refractivity contribution in [3.05, 3.63) is 47.9 Å². The number of halogens is 6. The van der Waals surface area contributed by atoms with Crippen LogP contribution in [-0.2, 0) is 19.4 Å². The molecular weight excluding hydrogens is 440 g/mol. The molecule has 32 heavy (non-hydrogen) atoms. The first-order valence-corrected chi connectivity index (χ1v) is 9.56. The molecule has 5 nitrogen and oxygen atoms in total. The number of benzene rings is 1. The van der Waals surface area contributed by atoms with E-state index < -0.39 is 29.4 Å². The van der Waals surface area contributed by atoms with Crippen LogP contribution in [0.4, 0.5) is 26.3 Å². The second-order valence-electron chi connectivity index (χ2n) is 7.03. The molecule has 3 aromatic rings. The lowest BCUT2D eigenvalue weighted by Crippen LogP contribution is -2.11. The number of phenols is 1. The van der Waals surface area contributed by atoms with Gasteiger partial charge in [0, 0.05) is 30.6 Å². The van der Waals surface area contributed by atoms with Crippen LogP contribution in [-0.4, -0.2) is 26.5 Å². The molecule has 0 aliphatic heterocycles. The summed E-state index contributed by atoms with van der Waals surface area (Å²) in [6, 6.07) is 4.23. The number of hydrogen-bond acceptors (Lipinski definition) is 4. The fourth-order valence-corrected chi connectivity index (χ4v) is 3.10. The number of aromatic nitrogens is 3. The van der Waals surface area contributed by atoms with Gasteiger partial charge in [0.25, 0.3) is 0 Å². The number of aryl methyl sites for hydroxylation is 1. The summed E-state index contributed by atoms with van der Waals surface area (Å²) in [6.45, 7) is 2.15. The molecule has 11 heteroatoms. The molecule has 0 saturated heterocycles. The summed E-state index contributed by atoms with van der Waals surface area (Å²) < 4.78 is 85.3. The minimum atomic E-state index is -4.68. The standard InChI is InChI=1S/C21H19F6N3O2/c1-3-4-7-32-16-6-5-14(15-9-17(21(25,26)27)30(2)29-15)19(31)18(16)12-8-13(11-28-10-12)20(22,23)24/h5-6,8-11,31H,3-4,7H2,1-2H3. The number of rotatable bonds is 6. The first kappa shape index (κ1) is 23.4. The largest absolute Gasteiger partial charge is 0.506 e. The van der Waals surface area contributed by atoms with Gasteiger partial charge in [0.05, 0.1) is 23.4 Å². The zero-order valence-electron chi connectivity index (χ0n) is 17.1. The fraction of sp³-hybridized carbons (Fsp3) is 0.333. The van der Waals surface area contributed by atoms with Crippen molar-refractivity contribution in [2.75, 3.05) is 6.61 Å². The Morgan fingerprint density at radius 3 is 2.34 bits per heavy atom. The molecule has 0 saturated carbocycles. The Morgan fingerprint density at radius 1 is 1.03 bits per heavy atom. The normalized spacial score (nSPS) is 12.2. The minimum absolute atomic E-state index is 0.0767. The van der Waals surface area contributed by atoms with Crippen LogP contribution in [0.25, 0.3) is 22.4 Å². The summed E-state index contributed by atoms with van der Waals surface area (Å²) in [4.78, 5) is 3.60. The van der Waals surface area contributed by atoms with Gasteiger partial charge in [0.1, 0.15) is 17.2 Å². The minimum Gasteiger partial charge on any atom is -0.506 e. The molecule has 2 aromatic heterocycles. The van der Waals surface area contributed by atoms with Crippen LogP contribution in [0.1, 0.15) is 31.0 Å². The SMILES string of the molecule is CCCCOc1ccc(-c2cc(C(F)(F)F)n(C)n2)c(O)c1-c1cncc(C(F)(F)F)c1. The summed E-state index contributed by atoms with van der Waals surface area (Å²) in [5.41, 5.74) is -2.59. The third-order valence-electron chi connectivity index (χ3n) is 4.70. The average Bonchev–Trinajstić information content (AvgIpc) is 3.09. The van der Waals surface area contributed by atoms with Gasteiger partial charge in [-0.25, -0.2) is 0 Å². The Bertz CT molecular complexity index is 1110. The molecule has 0 aliphatic rings. The van der Waals surface area contributed by atoms with Gasteiger partial charge in [-0.15, -0.1) is 0 Å². The molecular formula is C21H19F6N3O2. The van der Waals surface area contributed by atoms with Crippen LogP contribution in [0, 0.1) is 0 Å². The highest BCUT2D eigenvalue weighted by Crippen LogP contribution is 2.45. The molecule has 0 radical (unpaired) electrons. The van der Waals surface area contributed by atoms with E-state index in [2.05, 4.69) is 10.1 Å². The first-order valence-electron chi connectivity index (χ1n) is 9.56. The monoisotopic (exact) mass is 459 g/mol. The Labute approximate surface area is 179 Å². The van der Waals surface area contributed by atoms with Gasteiger partial charge < -0.3 is 9.84 Å². The Morgan fingerprint density at radius 2 is 1.75 bits per heavy atom. The molecule has 0 unspecified atom stereocenters. The molecule has 0 amide bonds. The molecule has 0 aliphatic carbocycles. The average molecular weight is 459 g/mol. The number of unbranched alkanes of at least 4 members (excludes halogenated alkanes) is 1.